The van der Waals surface area contributed by atoms with Gasteiger partial charge in [0.2, 0.25) is 0 Å². The van der Waals surface area contributed by atoms with Gasteiger partial charge in [0.05, 0.1) is 28.4 Å². The predicted octanol–water partition coefficient (Wildman–Crippen LogP) is 3.00. The van der Waals surface area contributed by atoms with Crippen LogP contribution >= 0.6 is 0 Å². The summed E-state index contributed by atoms with van der Waals surface area (Å²) in [6.45, 7) is 1.20. The standard InChI is InChI=1S/C23H28N2O5/c1-27-19-7-13-5-15(17(13)9-21(19)29-3)11-24-23(26)25-12-16-6-14-8-20(28-2)22(30-4)10-18(14)16/h7-10,15-16H,5-6,11-12H2,1-4H3,(H2,24,25,26). The zero-order valence-corrected chi connectivity index (χ0v) is 17.8. The third-order valence-corrected chi connectivity index (χ3v) is 6.12. The van der Waals surface area contributed by atoms with E-state index in [4.69, 9.17) is 18.9 Å². The maximum Gasteiger partial charge on any atom is 0.314 e. The Morgan fingerprint density at radius 2 is 1.10 bits per heavy atom. The minimum atomic E-state index is -0.141. The number of urea groups is 1. The zero-order chi connectivity index (χ0) is 21.3. The van der Waals surface area contributed by atoms with Crippen LogP contribution in [-0.4, -0.2) is 47.6 Å². The lowest BCUT2D eigenvalue weighted by atomic mass is 9.77. The lowest BCUT2D eigenvalue weighted by Crippen LogP contribution is -2.42. The van der Waals surface area contributed by atoms with E-state index in [1.165, 1.54) is 22.3 Å². The quantitative estimate of drug-likeness (QED) is 0.697. The molecule has 7 nitrogen and oxygen atoms in total. The van der Waals surface area contributed by atoms with Gasteiger partial charge in [0.25, 0.3) is 0 Å². The minimum absolute atomic E-state index is 0.141. The molecule has 0 bridgehead atoms. The number of benzene rings is 2. The molecule has 2 aromatic rings. The summed E-state index contributed by atoms with van der Waals surface area (Å²) in [5, 5.41) is 5.99. The molecule has 0 aliphatic heterocycles. The number of hydrogen-bond acceptors (Lipinski definition) is 5. The molecule has 4 rings (SSSR count). The summed E-state index contributed by atoms with van der Waals surface area (Å²) in [6.07, 6.45) is 1.85. The maximum atomic E-state index is 12.3. The van der Waals surface area contributed by atoms with Crippen LogP contribution in [0.1, 0.15) is 34.1 Å². The largest absolute Gasteiger partial charge is 0.493 e. The summed E-state index contributed by atoms with van der Waals surface area (Å²) in [7, 11) is 6.54. The van der Waals surface area contributed by atoms with Crippen LogP contribution < -0.4 is 29.6 Å². The van der Waals surface area contributed by atoms with Gasteiger partial charge in [0, 0.05) is 24.9 Å². The number of carbonyl (C=O) groups is 1. The molecule has 160 valence electrons. The van der Waals surface area contributed by atoms with Gasteiger partial charge in [-0.05, 0) is 59.4 Å². The number of rotatable bonds is 8. The molecule has 0 fully saturated rings. The van der Waals surface area contributed by atoms with Gasteiger partial charge in [0.15, 0.2) is 23.0 Å². The van der Waals surface area contributed by atoms with E-state index in [2.05, 4.69) is 10.6 Å². The first kappa shape index (κ1) is 20.2. The fraction of sp³-hybridized carbons (Fsp3) is 0.435. The fourth-order valence-corrected chi connectivity index (χ4v) is 4.33. The highest BCUT2D eigenvalue weighted by molar-refractivity contribution is 5.74. The average molecular weight is 412 g/mol. The highest BCUT2D eigenvalue weighted by Gasteiger charge is 2.30. The normalized spacial score (nSPS) is 18.1. The van der Waals surface area contributed by atoms with Crippen LogP contribution in [0, 0.1) is 0 Å². The van der Waals surface area contributed by atoms with Crippen molar-refractivity contribution in [2.24, 2.45) is 0 Å². The molecular formula is C23H28N2O5. The SMILES string of the molecule is COc1cc2c(cc1OC)C(CNC(=O)NCC1Cc3cc(OC)c(OC)cc31)C2. The molecular weight excluding hydrogens is 384 g/mol. The Bertz CT molecular complexity index is 884. The molecule has 0 radical (unpaired) electrons. The van der Waals surface area contributed by atoms with Gasteiger partial charge in [-0.25, -0.2) is 4.79 Å². The van der Waals surface area contributed by atoms with Crippen LogP contribution in [0.2, 0.25) is 0 Å². The molecule has 30 heavy (non-hydrogen) atoms. The molecule has 2 amide bonds. The van der Waals surface area contributed by atoms with Crippen molar-refractivity contribution in [3.8, 4) is 23.0 Å². The van der Waals surface area contributed by atoms with Crippen LogP contribution in [0.3, 0.4) is 0 Å². The summed E-state index contributed by atoms with van der Waals surface area (Å²) >= 11 is 0. The smallest absolute Gasteiger partial charge is 0.314 e. The van der Waals surface area contributed by atoms with Crippen LogP contribution in [-0.2, 0) is 12.8 Å². The number of fused-ring (bicyclic) bond motifs is 2. The van der Waals surface area contributed by atoms with Crippen molar-refractivity contribution >= 4 is 6.03 Å². The van der Waals surface area contributed by atoms with Crippen molar-refractivity contribution in [2.75, 3.05) is 41.5 Å². The van der Waals surface area contributed by atoms with E-state index < -0.39 is 0 Å². The van der Waals surface area contributed by atoms with Crippen LogP contribution in [0.15, 0.2) is 24.3 Å². The van der Waals surface area contributed by atoms with E-state index in [0.29, 0.717) is 24.9 Å². The first-order valence-corrected chi connectivity index (χ1v) is 10.1. The monoisotopic (exact) mass is 412 g/mol. The molecule has 0 saturated heterocycles. The van der Waals surface area contributed by atoms with Gasteiger partial charge in [-0.3, -0.25) is 0 Å². The molecule has 2 aliphatic carbocycles. The minimum Gasteiger partial charge on any atom is -0.493 e. The maximum absolute atomic E-state index is 12.3. The molecule has 2 aliphatic rings. The second-order valence-corrected chi connectivity index (χ2v) is 7.71. The second-order valence-electron chi connectivity index (χ2n) is 7.71. The van der Waals surface area contributed by atoms with E-state index in [-0.39, 0.29) is 6.03 Å². The highest BCUT2D eigenvalue weighted by atomic mass is 16.5. The van der Waals surface area contributed by atoms with Gasteiger partial charge in [-0.2, -0.15) is 0 Å². The molecule has 2 unspecified atom stereocenters. The zero-order valence-electron chi connectivity index (χ0n) is 17.8. The number of hydrogen-bond donors (Lipinski definition) is 2. The summed E-state index contributed by atoms with van der Waals surface area (Å²) in [6, 6.07) is 7.91. The number of amides is 2. The Balaban J connectivity index is 1.27. The summed E-state index contributed by atoms with van der Waals surface area (Å²) in [4.78, 5) is 12.3. The third kappa shape index (κ3) is 3.60. The Hall–Kier alpha value is -3.09. The Morgan fingerprint density at radius 3 is 1.47 bits per heavy atom. The predicted molar refractivity (Wildman–Crippen MR) is 113 cm³/mol. The summed E-state index contributed by atoms with van der Waals surface area (Å²) < 4.78 is 21.4. The van der Waals surface area contributed by atoms with E-state index >= 15 is 0 Å². The Kier molecular flexibility index (Phi) is 5.61. The summed E-state index contributed by atoms with van der Waals surface area (Å²) in [5.41, 5.74) is 4.91. The fourth-order valence-electron chi connectivity index (χ4n) is 4.33. The lowest BCUT2D eigenvalue weighted by molar-refractivity contribution is 0.238. The number of carbonyl (C=O) groups excluding carboxylic acids is 1. The first-order valence-electron chi connectivity index (χ1n) is 10.1. The molecule has 0 saturated carbocycles. The van der Waals surface area contributed by atoms with Gasteiger partial charge >= 0.3 is 6.03 Å². The van der Waals surface area contributed by atoms with E-state index in [9.17, 15) is 4.79 Å². The first-order chi connectivity index (χ1) is 14.6. The molecule has 7 heteroatoms. The topological polar surface area (TPSA) is 78.1 Å². The van der Waals surface area contributed by atoms with Gasteiger partial charge in [0.1, 0.15) is 0 Å². The Morgan fingerprint density at radius 1 is 0.733 bits per heavy atom. The number of ether oxygens (including phenoxy) is 4. The van der Waals surface area contributed by atoms with Crippen LogP contribution in [0.5, 0.6) is 23.0 Å². The van der Waals surface area contributed by atoms with Crippen molar-refractivity contribution in [1.29, 1.82) is 0 Å². The van der Waals surface area contributed by atoms with Crippen LogP contribution in [0.25, 0.3) is 0 Å². The van der Waals surface area contributed by atoms with Crippen molar-refractivity contribution in [1.82, 2.24) is 10.6 Å². The van der Waals surface area contributed by atoms with E-state index in [1.807, 2.05) is 24.3 Å². The molecule has 2 N–H and O–H groups in total. The average Bonchev–Trinajstić information content (AvgIpc) is 2.74. The van der Waals surface area contributed by atoms with E-state index in [0.717, 1.165) is 35.8 Å². The van der Waals surface area contributed by atoms with E-state index in [1.54, 1.807) is 28.4 Å². The number of methoxy groups -OCH3 is 4. The van der Waals surface area contributed by atoms with Gasteiger partial charge in [-0.1, -0.05) is 0 Å². The van der Waals surface area contributed by atoms with Crippen LogP contribution in [0.4, 0.5) is 4.79 Å². The van der Waals surface area contributed by atoms with Gasteiger partial charge in [-0.15, -0.1) is 0 Å². The van der Waals surface area contributed by atoms with Crippen molar-refractivity contribution in [2.45, 2.75) is 24.7 Å². The number of nitrogens with one attached hydrogen (secondary N) is 2. The molecule has 0 aromatic heterocycles. The molecule has 0 heterocycles. The molecule has 0 spiro atoms. The third-order valence-electron chi connectivity index (χ3n) is 6.12. The lowest BCUT2D eigenvalue weighted by Gasteiger charge is -2.32. The second kappa shape index (κ2) is 8.34. The Labute approximate surface area is 176 Å². The summed E-state index contributed by atoms with van der Waals surface area (Å²) in [5.74, 6) is 3.53. The van der Waals surface area contributed by atoms with Crippen molar-refractivity contribution in [3.63, 3.8) is 0 Å². The molecule has 2 atom stereocenters. The van der Waals surface area contributed by atoms with Crippen molar-refractivity contribution < 1.29 is 23.7 Å². The highest BCUT2D eigenvalue weighted by Crippen LogP contribution is 2.43. The molecule has 2 aromatic carbocycles. The van der Waals surface area contributed by atoms with Gasteiger partial charge < -0.3 is 29.6 Å². The van der Waals surface area contributed by atoms with Crippen molar-refractivity contribution in [3.05, 3.63) is 46.5 Å².